The summed E-state index contributed by atoms with van der Waals surface area (Å²) in [5.74, 6) is 1.19. The Morgan fingerprint density at radius 2 is 1.81 bits per heavy atom. The minimum atomic E-state index is -4.10. The highest BCUT2D eigenvalue weighted by atomic mass is 19.4. The third kappa shape index (κ3) is 9.07. The van der Waals surface area contributed by atoms with E-state index in [0.717, 1.165) is 31.8 Å². The monoisotopic (exact) mass is 380 g/mol. The van der Waals surface area contributed by atoms with Gasteiger partial charge in [0, 0.05) is 27.2 Å². The molecule has 2 N–H and O–H groups in total. The van der Waals surface area contributed by atoms with Crippen LogP contribution in [0, 0.1) is 11.3 Å². The molecule has 0 amide bonds. The summed E-state index contributed by atoms with van der Waals surface area (Å²) in [6, 6.07) is 0. The van der Waals surface area contributed by atoms with Crippen molar-refractivity contribution in [2.24, 2.45) is 16.3 Å². The van der Waals surface area contributed by atoms with Crippen LogP contribution in [0.2, 0.25) is 0 Å². The summed E-state index contributed by atoms with van der Waals surface area (Å²) < 4.78 is 42.8. The molecule has 0 aromatic rings. The zero-order valence-electron chi connectivity index (χ0n) is 16.7. The molecule has 0 aromatic carbocycles. The van der Waals surface area contributed by atoms with Crippen molar-refractivity contribution >= 4 is 5.96 Å². The van der Waals surface area contributed by atoms with E-state index in [1.54, 1.807) is 14.2 Å². The Kier molecular flexibility index (Phi) is 9.16. The van der Waals surface area contributed by atoms with Crippen molar-refractivity contribution in [1.82, 2.24) is 15.5 Å². The maximum absolute atomic E-state index is 12.4. The van der Waals surface area contributed by atoms with Crippen LogP contribution < -0.4 is 10.6 Å². The van der Waals surface area contributed by atoms with Gasteiger partial charge < -0.3 is 15.4 Å². The van der Waals surface area contributed by atoms with E-state index >= 15 is 0 Å². The second-order valence-corrected chi connectivity index (χ2v) is 8.09. The first kappa shape index (κ1) is 23.0. The smallest absolute Gasteiger partial charge is 0.379 e. The number of methoxy groups -OCH3 is 1. The van der Waals surface area contributed by atoms with Crippen LogP contribution in [0.5, 0.6) is 0 Å². The molecule has 26 heavy (non-hydrogen) atoms. The van der Waals surface area contributed by atoms with Gasteiger partial charge in [-0.25, -0.2) is 0 Å². The number of rotatable bonds is 7. The second-order valence-electron chi connectivity index (χ2n) is 8.09. The van der Waals surface area contributed by atoms with Crippen molar-refractivity contribution in [3.05, 3.63) is 0 Å². The molecule has 1 atom stereocenters. The van der Waals surface area contributed by atoms with Crippen LogP contribution in [-0.4, -0.2) is 70.0 Å². The van der Waals surface area contributed by atoms with E-state index in [0.29, 0.717) is 25.6 Å². The van der Waals surface area contributed by atoms with E-state index in [4.69, 9.17) is 4.74 Å². The average Bonchev–Trinajstić information content (AvgIpc) is 2.52. The Balaban J connectivity index is 2.25. The number of alkyl halides is 3. The summed E-state index contributed by atoms with van der Waals surface area (Å²) in [6.45, 7) is 8.07. The fourth-order valence-electron chi connectivity index (χ4n) is 3.23. The second kappa shape index (κ2) is 10.3. The van der Waals surface area contributed by atoms with E-state index in [-0.39, 0.29) is 11.5 Å². The zero-order valence-corrected chi connectivity index (χ0v) is 16.7. The molecule has 1 unspecified atom stereocenters. The first-order chi connectivity index (χ1) is 12.0. The number of ether oxygens (including phenoxy) is 1. The van der Waals surface area contributed by atoms with Gasteiger partial charge in [-0.3, -0.25) is 9.89 Å². The van der Waals surface area contributed by atoms with Crippen LogP contribution in [0.3, 0.4) is 0 Å². The molecule has 0 aliphatic carbocycles. The lowest BCUT2D eigenvalue weighted by Crippen LogP contribution is -2.46. The molecule has 0 bridgehead atoms. The van der Waals surface area contributed by atoms with Crippen molar-refractivity contribution < 1.29 is 17.9 Å². The molecule has 154 valence electrons. The Morgan fingerprint density at radius 3 is 2.27 bits per heavy atom. The van der Waals surface area contributed by atoms with E-state index in [2.05, 4.69) is 36.4 Å². The third-order valence-electron chi connectivity index (χ3n) is 4.88. The molecule has 1 fully saturated rings. The molecular weight excluding hydrogens is 345 g/mol. The quantitative estimate of drug-likeness (QED) is 0.527. The van der Waals surface area contributed by atoms with Crippen molar-refractivity contribution in [2.75, 3.05) is 46.9 Å². The lowest BCUT2D eigenvalue weighted by Gasteiger charge is -2.32. The van der Waals surface area contributed by atoms with Crippen LogP contribution in [0.25, 0.3) is 0 Å². The Bertz CT molecular complexity index is 427. The van der Waals surface area contributed by atoms with Crippen molar-refractivity contribution in [3.63, 3.8) is 0 Å². The summed E-state index contributed by atoms with van der Waals surface area (Å²) in [4.78, 5) is 5.72. The van der Waals surface area contributed by atoms with E-state index in [1.165, 1.54) is 4.90 Å². The lowest BCUT2D eigenvalue weighted by molar-refractivity contribution is -0.148. The van der Waals surface area contributed by atoms with E-state index in [1.807, 2.05) is 0 Å². The normalized spacial score (nSPS) is 19.5. The van der Waals surface area contributed by atoms with Crippen LogP contribution in [0.4, 0.5) is 13.2 Å². The summed E-state index contributed by atoms with van der Waals surface area (Å²) in [6.07, 6.45) is -1.45. The van der Waals surface area contributed by atoms with Gasteiger partial charge in [0.05, 0.1) is 12.6 Å². The topological polar surface area (TPSA) is 48.9 Å². The standard InChI is InChI=1S/C18H35F3N4O/c1-17(2,3)15(26-5)12-24-16(22-4)23-9-6-14-7-10-25(11-8-14)13-18(19,20)21/h14-15H,6-13H2,1-5H3,(H2,22,23,24). The Labute approximate surface area is 155 Å². The van der Waals surface area contributed by atoms with Gasteiger partial charge in [-0.2, -0.15) is 13.2 Å². The SMILES string of the molecule is CN=C(NCCC1CCN(CC(F)(F)F)CC1)NCC(OC)C(C)(C)C. The number of guanidine groups is 1. The Hall–Kier alpha value is -1.02. The first-order valence-corrected chi connectivity index (χ1v) is 9.31. The van der Waals surface area contributed by atoms with Crippen LogP contribution >= 0.6 is 0 Å². The van der Waals surface area contributed by atoms with Crippen molar-refractivity contribution in [2.45, 2.75) is 52.3 Å². The number of nitrogens with one attached hydrogen (secondary N) is 2. The fourth-order valence-corrected chi connectivity index (χ4v) is 3.23. The van der Waals surface area contributed by atoms with Gasteiger partial charge in [0.1, 0.15) is 0 Å². The molecule has 1 saturated heterocycles. The number of aliphatic imine (C=N–C) groups is 1. The number of piperidine rings is 1. The maximum Gasteiger partial charge on any atom is 0.401 e. The van der Waals surface area contributed by atoms with Gasteiger partial charge in [0.25, 0.3) is 0 Å². The highest BCUT2D eigenvalue weighted by Crippen LogP contribution is 2.24. The van der Waals surface area contributed by atoms with Gasteiger partial charge in [0.15, 0.2) is 5.96 Å². The largest absolute Gasteiger partial charge is 0.401 e. The number of nitrogens with zero attached hydrogens (tertiary/aromatic N) is 2. The summed E-state index contributed by atoms with van der Waals surface area (Å²) in [5, 5.41) is 6.56. The minimum absolute atomic E-state index is 0.0327. The third-order valence-corrected chi connectivity index (χ3v) is 4.88. The highest BCUT2D eigenvalue weighted by Gasteiger charge is 2.32. The van der Waals surface area contributed by atoms with Crippen LogP contribution in [0.1, 0.15) is 40.0 Å². The first-order valence-electron chi connectivity index (χ1n) is 9.31. The molecule has 1 rings (SSSR count). The van der Waals surface area contributed by atoms with Crippen LogP contribution in [-0.2, 0) is 4.74 Å². The molecule has 1 aliphatic rings. The molecule has 0 saturated carbocycles. The fraction of sp³-hybridized carbons (Fsp3) is 0.944. The van der Waals surface area contributed by atoms with Crippen molar-refractivity contribution in [1.29, 1.82) is 0 Å². The molecule has 0 spiro atoms. The van der Waals surface area contributed by atoms with E-state index < -0.39 is 12.7 Å². The molecule has 0 radical (unpaired) electrons. The van der Waals surface area contributed by atoms with Gasteiger partial charge in [-0.15, -0.1) is 0 Å². The Morgan fingerprint density at radius 1 is 1.19 bits per heavy atom. The number of hydrogen-bond acceptors (Lipinski definition) is 3. The van der Waals surface area contributed by atoms with Gasteiger partial charge >= 0.3 is 6.18 Å². The molecule has 5 nitrogen and oxygen atoms in total. The molecule has 1 aliphatic heterocycles. The predicted molar refractivity (Wildman–Crippen MR) is 99.5 cm³/mol. The molecule has 1 heterocycles. The predicted octanol–water partition coefficient (Wildman–Crippen LogP) is 2.88. The highest BCUT2D eigenvalue weighted by molar-refractivity contribution is 5.79. The maximum atomic E-state index is 12.4. The van der Waals surface area contributed by atoms with Crippen LogP contribution in [0.15, 0.2) is 4.99 Å². The summed E-state index contributed by atoms with van der Waals surface area (Å²) >= 11 is 0. The lowest BCUT2D eigenvalue weighted by atomic mass is 9.89. The average molecular weight is 380 g/mol. The molecular formula is C18H35F3N4O. The number of hydrogen-bond donors (Lipinski definition) is 2. The summed E-state index contributed by atoms with van der Waals surface area (Å²) in [7, 11) is 3.43. The molecule has 0 aromatic heterocycles. The summed E-state index contributed by atoms with van der Waals surface area (Å²) in [5.41, 5.74) is 0.0327. The molecule has 8 heteroatoms. The number of likely N-dealkylation sites (tertiary alicyclic amines) is 1. The van der Waals surface area contributed by atoms with E-state index in [9.17, 15) is 13.2 Å². The number of halogens is 3. The van der Waals surface area contributed by atoms with Gasteiger partial charge in [0.2, 0.25) is 0 Å². The minimum Gasteiger partial charge on any atom is -0.379 e. The van der Waals surface area contributed by atoms with Gasteiger partial charge in [-0.1, -0.05) is 20.8 Å². The zero-order chi connectivity index (χ0) is 19.8. The van der Waals surface area contributed by atoms with Crippen molar-refractivity contribution in [3.8, 4) is 0 Å². The van der Waals surface area contributed by atoms with Gasteiger partial charge in [-0.05, 0) is 43.7 Å².